The van der Waals surface area contributed by atoms with Crippen LogP contribution in [0.4, 0.5) is 24.5 Å². The van der Waals surface area contributed by atoms with Gasteiger partial charge in [0.1, 0.15) is 12.2 Å². The van der Waals surface area contributed by atoms with E-state index in [1.165, 1.54) is 6.07 Å². The van der Waals surface area contributed by atoms with Crippen molar-refractivity contribution >= 4 is 40.3 Å². The van der Waals surface area contributed by atoms with Crippen LogP contribution in [0.3, 0.4) is 0 Å². The average molecular weight is 666 g/mol. The van der Waals surface area contributed by atoms with Crippen LogP contribution in [0.2, 0.25) is 0 Å². The van der Waals surface area contributed by atoms with Crippen molar-refractivity contribution in [3.05, 3.63) is 83.4 Å². The van der Waals surface area contributed by atoms with Gasteiger partial charge < -0.3 is 19.7 Å². The zero-order valence-corrected chi connectivity index (χ0v) is 27.8. The van der Waals surface area contributed by atoms with E-state index in [0.717, 1.165) is 48.3 Å². The second-order valence-corrected chi connectivity index (χ2v) is 13.3. The highest BCUT2D eigenvalue weighted by Gasteiger charge is 2.51. The van der Waals surface area contributed by atoms with Crippen LogP contribution in [0, 0.1) is 11.3 Å². The molecule has 3 aromatic rings. The second-order valence-electron chi connectivity index (χ2n) is 12.8. The number of thiocarbonyl (C=S) groups is 1. The normalized spacial score (nSPS) is 16.2. The van der Waals surface area contributed by atoms with E-state index in [1.807, 2.05) is 69.3 Å². The Bertz CT molecular complexity index is 1660. The van der Waals surface area contributed by atoms with Crippen LogP contribution in [-0.4, -0.2) is 47.6 Å². The fourth-order valence-electron chi connectivity index (χ4n) is 5.47. The number of ether oxygens (including phenoxy) is 2. The standard InChI is InChI=1S/C36H38F3N3O4S/c1-34(2,3)46-30(43)22-45-19-7-6-18-41-27-14-10-23(11-15-27)24-12-16-28(17-13-24)42-33(47)31(32(44)35(42,4)5)25-8-9-26(21-40)29(20-25)36(37,38)39/h8-17,20,31,41H,6-7,18-19,22H2,1-5H3. The molecule has 1 N–H and O–H groups in total. The summed E-state index contributed by atoms with van der Waals surface area (Å²) < 4.78 is 51.6. The van der Waals surface area contributed by atoms with Crippen LogP contribution in [0.15, 0.2) is 66.7 Å². The molecule has 248 valence electrons. The number of Topliss-reactive ketones (excluding diaryl/α,β-unsaturated/α-hetero) is 1. The Morgan fingerprint density at radius 3 is 2.19 bits per heavy atom. The third-order valence-electron chi connectivity index (χ3n) is 7.72. The molecule has 3 aromatic carbocycles. The van der Waals surface area contributed by atoms with Crippen molar-refractivity contribution < 1.29 is 32.2 Å². The highest BCUT2D eigenvalue weighted by Crippen LogP contribution is 2.43. The van der Waals surface area contributed by atoms with E-state index in [1.54, 1.807) is 24.8 Å². The van der Waals surface area contributed by atoms with E-state index in [4.69, 9.17) is 27.0 Å². The predicted molar refractivity (Wildman–Crippen MR) is 179 cm³/mol. The van der Waals surface area contributed by atoms with Crippen LogP contribution < -0.4 is 10.2 Å². The molecule has 11 heteroatoms. The molecule has 1 unspecified atom stereocenters. The molecule has 4 rings (SSSR count). The van der Waals surface area contributed by atoms with E-state index < -0.39 is 34.4 Å². The maximum atomic E-state index is 13.7. The van der Waals surface area contributed by atoms with Crippen molar-refractivity contribution in [2.75, 3.05) is 30.0 Å². The van der Waals surface area contributed by atoms with Gasteiger partial charge in [0.2, 0.25) is 0 Å². The van der Waals surface area contributed by atoms with E-state index in [2.05, 4.69) is 5.32 Å². The lowest BCUT2D eigenvalue weighted by molar-refractivity contribution is -0.160. The van der Waals surface area contributed by atoms with Gasteiger partial charge in [-0.2, -0.15) is 18.4 Å². The molecule has 0 aromatic heterocycles. The number of ketones is 1. The zero-order valence-electron chi connectivity index (χ0n) is 27.0. The molecular formula is C36H38F3N3O4S. The molecule has 0 spiro atoms. The molecule has 1 saturated heterocycles. The first kappa shape index (κ1) is 35.6. The number of nitrogens with zero attached hydrogens (tertiary/aromatic N) is 2. The second kappa shape index (κ2) is 14.2. The van der Waals surface area contributed by atoms with Crippen molar-refractivity contribution in [3.8, 4) is 17.2 Å². The summed E-state index contributed by atoms with van der Waals surface area (Å²) >= 11 is 5.71. The molecule has 0 radical (unpaired) electrons. The Kier molecular flexibility index (Phi) is 10.8. The number of carbonyl (C=O) groups excluding carboxylic acids is 2. The third kappa shape index (κ3) is 8.56. The molecule has 1 aliphatic heterocycles. The molecule has 1 aliphatic rings. The van der Waals surface area contributed by atoms with Crippen molar-refractivity contribution in [1.29, 1.82) is 5.26 Å². The van der Waals surface area contributed by atoms with E-state index in [0.29, 0.717) is 12.3 Å². The van der Waals surface area contributed by atoms with Gasteiger partial charge in [0.15, 0.2) is 5.78 Å². The SMILES string of the molecule is CC(C)(C)OC(=O)COCCCCNc1ccc(-c2ccc(N3C(=S)C(c4ccc(C#N)c(C(F)(F)F)c4)C(=O)C3(C)C)cc2)cc1. The number of alkyl halides is 3. The maximum Gasteiger partial charge on any atom is 0.417 e. The van der Waals surface area contributed by atoms with E-state index >= 15 is 0 Å². The molecule has 1 atom stereocenters. The molecule has 1 fully saturated rings. The minimum absolute atomic E-state index is 0.0566. The van der Waals surface area contributed by atoms with Gasteiger partial charge in [-0.3, -0.25) is 4.79 Å². The van der Waals surface area contributed by atoms with Gasteiger partial charge in [-0.25, -0.2) is 4.79 Å². The van der Waals surface area contributed by atoms with Crippen molar-refractivity contribution in [2.24, 2.45) is 0 Å². The summed E-state index contributed by atoms with van der Waals surface area (Å²) in [6, 6.07) is 20.4. The minimum atomic E-state index is -4.75. The van der Waals surface area contributed by atoms with Crippen LogP contribution in [-0.2, 0) is 25.2 Å². The maximum absolute atomic E-state index is 13.7. The van der Waals surface area contributed by atoms with Crippen LogP contribution >= 0.6 is 12.2 Å². The summed E-state index contributed by atoms with van der Waals surface area (Å²) in [4.78, 5) is 27.1. The number of nitriles is 1. The molecule has 0 amide bonds. The smallest absolute Gasteiger partial charge is 0.417 e. The number of halogens is 3. The number of carbonyl (C=O) groups is 2. The molecule has 0 saturated carbocycles. The van der Waals surface area contributed by atoms with Crippen LogP contribution in [0.1, 0.15) is 70.1 Å². The van der Waals surface area contributed by atoms with Gasteiger partial charge in [0, 0.05) is 24.5 Å². The number of hydrogen-bond acceptors (Lipinski definition) is 7. The molecular weight excluding hydrogens is 627 g/mol. The largest absolute Gasteiger partial charge is 0.458 e. The fourth-order valence-corrected chi connectivity index (χ4v) is 6.05. The van der Waals surface area contributed by atoms with Gasteiger partial charge >= 0.3 is 12.1 Å². The predicted octanol–water partition coefficient (Wildman–Crippen LogP) is 8.07. The lowest BCUT2D eigenvalue weighted by atomic mass is 9.88. The number of nitrogens with one attached hydrogen (secondary N) is 1. The number of unbranched alkanes of at least 4 members (excludes halogenated alkanes) is 1. The van der Waals surface area contributed by atoms with E-state index in [-0.39, 0.29) is 28.9 Å². The number of rotatable bonds is 11. The Labute approximate surface area is 278 Å². The minimum Gasteiger partial charge on any atom is -0.458 e. The topological polar surface area (TPSA) is 91.7 Å². The lowest BCUT2D eigenvalue weighted by Gasteiger charge is -2.31. The van der Waals surface area contributed by atoms with E-state index in [9.17, 15) is 22.8 Å². The Morgan fingerprint density at radius 1 is 1.00 bits per heavy atom. The summed E-state index contributed by atoms with van der Waals surface area (Å²) in [5, 5.41) is 12.5. The summed E-state index contributed by atoms with van der Waals surface area (Å²) in [5.74, 6) is -1.75. The van der Waals surface area contributed by atoms with Crippen LogP contribution in [0.25, 0.3) is 11.1 Å². The number of benzene rings is 3. The molecule has 7 nitrogen and oxygen atoms in total. The average Bonchev–Trinajstić information content (AvgIpc) is 3.18. The molecule has 1 heterocycles. The van der Waals surface area contributed by atoms with Crippen molar-refractivity contribution in [1.82, 2.24) is 0 Å². The Balaban J connectivity index is 1.36. The Hall–Kier alpha value is -4.27. The highest BCUT2D eigenvalue weighted by atomic mass is 32.1. The summed E-state index contributed by atoms with van der Waals surface area (Å²) in [5.41, 5.74) is 0.418. The fraction of sp³-hybridized carbons (Fsp3) is 0.389. The zero-order chi connectivity index (χ0) is 34.6. The first-order chi connectivity index (χ1) is 22.0. The van der Waals surface area contributed by atoms with Crippen LogP contribution in [0.5, 0.6) is 0 Å². The Morgan fingerprint density at radius 2 is 1.62 bits per heavy atom. The van der Waals surface area contributed by atoms with Gasteiger partial charge in [-0.15, -0.1) is 0 Å². The third-order valence-corrected chi connectivity index (χ3v) is 8.14. The van der Waals surface area contributed by atoms with Gasteiger partial charge in [0.25, 0.3) is 0 Å². The first-order valence-corrected chi connectivity index (χ1v) is 15.7. The quantitative estimate of drug-likeness (QED) is 0.125. The number of anilines is 2. The molecule has 47 heavy (non-hydrogen) atoms. The van der Waals surface area contributed by atoms with Gasteiger partial charge in [-0.1, -0.05) is 42.5 Å². The first-order valence-electron chi connectivity index (χ1n) is 15.3. The molecule has 0 bridgehead atoms. The van der Waals surface area contributed by atoms with Crippen molar-refractivity contribution in [2.45, 2.75) is 70.7 Å². The number of esters is 1. The number of hydrogen-bond donors (Lipinski definition) is 1. The highest BCUT2D eigenvalue weighted by molar-refractivity contribution is 7.80. The summed E-state index contributed by atoms with van der Waals surface area (Å²) in [6.07, 6.45) is -3.08. The van der Waals surface area contributed by atoms with Crippen molar-refractivity contribution in [3.63, 3.8) is 0 Å². The monoisotopic (exact) mass is 665 g/mol. The molecule has 0 aliphatic carbocycles. The summed E-state index contributed by atoms with van der Waals surface area (Å²) in [6.45, 7) is 10.0. The summed E-state index contributed by atoms with van der Waals surface area (Å²) in [7, 11) is 0. The van der Waals surface area contributed by atoms with Gasteiger partial charge in [0.05, 0.1) is 33.6 Å². The van der Waals surface area contributed by atoms with Gasteiger partial charge in [-0.05, 0) is 101 Å². The lowest BCUT2D eigenvalue weighted by Crippen LogP contribution is -2.44.